The quantitative estimate of drug-likeness (QED) is 0.279. The first-order chi connectivity index (χ1) is 16.4. The minimum atomic E-state index is -0.101. The number of aromatic nitrogens is 2. The number of ether oxygens (including phenoxy) is 1. The summed E-state index contributed by atoms with van der Waals surface area (Å²) in [6, 6.07) is 15.7. The largest absolute Gasteiger partial charge is 0.497 e. The minimum absolute atomic E-state index is 0.00713. The summed E-state index contributed by atoms with van der Waals surface area (Å²) in [6.07, 6.45) is 0.652. The molecule has 1 N–H and O–H groups in total. The highest BCUT2D eigenvalue weighted by molar-refractivity contribution is 7.94. The molecule has 8 nitrogen and oxygen atoms in total. The molecule has 0 radical (unpaired) electrons. The van der Waals surface area contributed by atoms with Crippen LogP contribution in [-0.2, 0) is 21.1 Å². The summed E-state index contributed by atoms with van der Waals surface area (Å²) in [5.74, 6) is 0.632. The van der Waals surface area contributed by atoms with E-state index in [-0.39, 0.29) is 11.3 Å². The number of rotatable bonds is 9. The second kappa shape index (κ2) is 10.2. The number of likely N-dealkylation sites (N-methyl/N-ethyl adjacent to an activating group) is 1. The lowest BCUT2D eigenvalue weighted by atomic mass is 9.84. The van der Waals surface area contributed by atoms with Gasteiger partial charge in [0.1, 0.15) is 11.4 Å². The summed E-state index contributed by atoms with van der Waals surface area (Å²) < 4.78 is 12.0. The number of carbonyl (C=O) groups is 1. The van der Waals surface area contributed by atoms with Crippen LogP contribution in [0.5, 0.6) is 5.75 Å². The summed E-state index contributed by atoms with van der Waals surface area (Å²) in [4.78, 5) is 20.3. The van der Waals surface area contributed by atoms with Crippen molar-refractivity contribution in [2.45, 2.75) is 30.7 Å². The van der Waals surface area contributed by atoms with E-state index in [1.807, 2.05) is 48.3 Å². The van der Waals surface area contributed by atoms with E-state index < -0.39 is 0 Å². The Morgan fingerprint density at radius 1 is 1.06 bits per heavy atom. The summed E-state index contributed by atoms with van der Waals surface area (Å²) in [6.45, 7) is 5.82. The van der Waals surface area contributed by atoms with Crippen LogP contribution in [0, 0.1) is 0 Å². The molecule has 34 heavy (non-hydrogen) atoms. The highest BCUT2D eigenvalue weighted by Crippen LogP contribution is 2.34. The van der Waals surface area contributed by atoms with E-state index in [0.717, 1.165) is 41.3 Å². The van der Waals surface area contributed by atoms with E-state index in [1.165, 1.54) is 12.7 Å². The maximum atomic E-state index is 13.8. The zero-order valence-electron chi connectivity index (χ0n) is 20.1. The van der Waals surface area contributed by atoms with Crippen LogP contribution in [0.1, 0.15) is 35.5 Å². The predicted octanol–water partition coefficient (Wildman–Crippen LogP) is 4.17. The van der Waals surface area contributed by atoms with Gasteiger partial charge in [-0.1, -0.05) is 26.0 Å². The molecule has 0 bridgehead atoms. The molecule has 0 spiro atoms. The molecule has 1 aromatic heterocycles. The first-order valence-electron chi connectivity index (χ1n) is 11.1. The Morgan fingerprint density at radius 2 is 1.74 bits per heavy atom. The van der Waals surface area contributed by atoms with Gasteiger partial charge in [-0.3, -0.25) is 4.79 Å². The maximum absolute atomic E-state index is 13.8. The molecule has 0 atom stereocenters. The first-order valence-corrected chi connectivity index (χ1v) is 11.8. The van der Waals surface area contributed by atoms with Gasteiger partial charge in [-0.25, -0.2) is 9.57 Å². The zero-order chi connectivity index (χ0) is 24.3. The van der Waals surface area contributed by atoms with Gasteiger partial charge in [-0.2, -0.15) is 9.43 Å². The Morgan fingerprint density at radius 3 is 2.35 bits per heavy atom. The number of hydrogen-bond donors (Lipinski definition) is 1. The normalized spacial score (nSPS) is 13.8. The lowest BCUT2D eigenvalue weighted by molar-refractivity contribution is -0.160. The predicted molar refractivity (Wildman–Crippen MR) is 133 cm³/mol. The van der Waals surface area contributed by atoms with E-state index >= 15 is 0 Å². The van der Waals surface area contributed by atoms with Crippen LogP contribution in [0.25, 0.3) is 5.69 Å². The fourth-order valence-electron chi connectivity index (χ4n) is 4.25. The summed E-state index contributed by atoms with van der Waals surface area (Å²) in [5.41, 5.74) is 4.22. The third-order valence-electron chi connectivity index (χ3n) is 6.06. The molecular weight excluding hydrogens is 452 g/mol. The average molecular weight is 483 g/mol. The Bertz CT molecular complexity index is 1140. The van der Waals surface area contributed by atoms with Gasteiger partial charge in [0.15, 0.2) is 5.03 Å². The van der Waals surface area contributed by atoms with Crippen molar-refractivity contribution in [2.24, 2.45) is 0 Å². The first kappa shape index (κ1) is 24.3. The molecule has 9 heteroatoms. The molecule has 1 amide bonds. The Kier molecular flexibility index (Phi) is 7.27. The van der Waals surface area contributed by atoms with Gasteiger partial charge in [0.2, 0.25) is 0 Å². The fraction of sp³-hybridized carbons (Fsp3) is 0.360. The number of fused-ring (bicyclic) bond motifs is 1. The Labute approximate surface area is 204 Å². The highest BCUT2D eigenvalue weighted by atomic mass is 32.2. The maximum Gasteiger partial charge on any atom is 0.277 e. The molecule has 2 aromatic carbocycles. The van der Waals surface area contributed by atoms with Gasteiger partial charge in [-0.15, -0.1) is 0 Å². The molecule has 4 rings (SSSR count). The third-order valence-corrected chi connectivity index (χ3v) is 6.75. The topological polar surface area (TPSA) is 77.8 Å². The van der Waals surface area contributed by atoms with E-state index in [2.05, 4.69) is 36.4 Å². The van der Waals surface area contributed by atoms with E-state index in [0.29, 0.717) is 23.7 Å². The molecule has 1 aliphatic heterocycles. The fourth-order valence-corrected chi connectivity index (χ4v) is 4.80. The zero-order valence-corrected chi connectivity index (χ0v) is 20.9. The second-order valence-corrected chi connectivity index (χ2v) is 9.42. The number of benzene rings is 2. The van der Waals surface area contributed by atoms with Gasteiger partial charge in [0.05, 0.1) is 31.9 Å². The van der Waals surface area contributed by atoms with Crippen molar-refractivity contribution in [1.82, 2.24) is 15.1 Å². The molecule has 0 saturated carbocycles. The molecule has 3 aromatic rings. The van der Waals surface area contributed by atoms with Crippen LogP contribution < -0.4 is 15.0 Å². The number of nitrogens with zero attached hydrogens (tertiary/aromatic N) is 3. The molecule has 0 saturated heterocycles. The number of methoxy groups -OCH3 is 1. The molecule has 2 heterocycles. The number of hydrogen-bond acceptors (Lipinski definition) is 7. The van der Waals surface area contributed by atoms with Crippen molar-refractivity contribution in [3.63, 3.8) is 0 Å². The molecular formula is C25H30N4O4S. The van der Waals surface area contributed by atoms with Gasteiger partial charge in [0.25, 0.3) is 5.91 Å². The summed E-state index contributed by atoms with van der Waals surface area (Å²) >= 11 is 1.01. The monoisotopic (exact) mass is 482 g/mol. The van der Waals surface area contributed by atoms with Crippen molar-refractivity contribution < 1.29 is 18.8 Å². The van der Waals surface area contributed by atoms with Crippen molar-refractivity contribution in [2.75, 3.05) is 39.3 Å². The lowest BCUT2D eigenvalue weighted by Gasteiger charge is -2.29. The van der Waals surface area contributed by atoms with Crippen LogP contribution in [0.3, 0.4) is 0 Å². The van der Waals surface area contributed by atoms with Crippen LogP contribution in [-0.4, -0.2) is 50.0 Å². The van der Waals surface area contributed by atoms with Gasteiger partial charge < -0.3 is 15.0 Å². The highest BCUT2D eigenvalue weighted by Gasteiger charge is 2.34. The smallest absolute Gasteiger partial charge is 0.277 e. The standard InChI is InChI=1S/C25H30N4O4S/c1-25(2,16-26-3)17-6-8-18(9-7-17)28-15-14-21-22(24(28)30)29(27-23(21)34-33-32-5)19-10-12-20(31-4)13-11-19/h6-13,26H,14-16H2,1-5H3. The Hall–Kier alpha value is -2.85. The number of carbonyl (C=O) groups excluding carboxylic acids is 1. The molecule has 0 fully saturated rings. The van der Waals surface area contributed by atoms with Crippen molar-refractivity contribution in [3.8, 4) is 11.4 Å². The number of amides is 1. The van der Waals surface area contributed by atoms with Crippen molar-refractivity contribution >= 4 is 23.6 Å². The van der Waals surface area contributed by atoms with Crippen LogP contribution >= 0.6 is 12.0 Å². The van der Waals surface area contributed by atoms with Crippen molar-refractivity contribution in [3.05, 3.63) is 65.4 Å². The number of nitrogens with one attached hydrogen (secondary N) is 1. The molecule has 0 aliphatic carbocycles. The van der Waals surface area contributed by atoms with Crippen LogP contribution in [0.15, 0.2) is 53.6 Å². The molecule has 1 aliphatic rings. The van der Waals surface area contributed by atoms with Crippen LogP contribution in [0.2, 0.25) is 0 Å². The molecule has 0 unspecified atom stereocenters. The summed E-state index contributed by atoms with van der Waals surface area (Å²) in [5, 5.41) is 8.54. The Balaban J connectivity index is 1.70. The van der Waals surface area contributed by atoms with Gasteiger partial charge >= 0.3 is 0 Å². The van der Waals surface area contributed by atoms with E-state index in [4.69, 9.17) is 14.0 Å². The van der Waals surface area contributed by atoms with E-state index in [1.54, 1.807) is 11.8 Å². The van der Waals surface area contributed by atoms with E-state index in [9.17, 15) is 4.79 Å². The van der Waals surface area contributed by atoms with Crippen molar-refractivity contribution in [1.29, 1.82) is 0 Å². The SMILES string of the molecule is CNCC(C)(C)c1ccc(N2CCc3c(SOOC)nn(-c4ccc(OC)cc4)c3C2=O)cc1. The average Bonchev–Trinajstić information content (AvgIpc) is 3.22. The minimum Gasteiger partial charge on any atom is -0.497 e. The third kappa shape index (κ3) is 4.69. The second-order valence-electron chi connectivity index (χ2n) is 8.73. The molecule has 180 valence electrons. The lowest BCUT2D eigenvalue weighted by Crippen LogP contribution is -2.39. The summed E-state index contributed by atoms with van der Waals surface area (Å²) in [7, 11) is 5.01. The van der Waals surface area contributed by atoms with Gasteiger partial charge in [0, 0.05) is 29.8 Å². The van der Waals surface area contributed by atoms with Crippen LogP contribution in [0.4, 0.5) is 5.69 Å². The number of anilines is 1. The van der Waals surface area contributed by atoms with Gasteiger partial charge in [-0.05, 0) is 55.4 Å².